The monoisotopic (exact) mass is 493 g/mol. The van der Waals surface area contributed by atoms with Gasteiger partial charge in [-0.15, -0.1) is 0 Å². The molecule has 30 heavy (non-hydrogen) atoms. The van der Waals surface area contributed by atoms with E-state index in [9.17, 15) is 13.2 Å². The summed E-state index contributed by atoms with van der Waals surface area (Å²) in [4.78, 5) is 16.2. The molecule has 0 bridgehead atoms. The molecule has 162 valence electrons. The van der Waals surface area contributed by atoms with E-state index in [0.717, 1.165) is 25.1 Å². The van der Waals surface area contributed by atoms with Crippen LogP contribution in [0.25, 0.3) is 0 Å². The summed E-state index contributed by atoms with van der Waals surface area (Å²) < 4.78 is 29.0. The maximum Gasteiger partial charge on any atom is 0.241 e. The molecule has 0 spiro atoms. The second-order valence-electron chi connectivity index (χ2n) is 7.53. The molecular weight excluding hydrogens is 466 g/mol. The number of amides is 1. The molecule has 0 atom stereocenters. The fourth-order valence-corrected chi connectivity index (χ4v) is 5.83. The van der Waals surface area contributed by atoms with Gasteiger partial charge in [-0.1, -0.05) is 37.3 Å². The molecule has 1 heterocycles. The first-order valence-corrected chi connectivity index (χ1v) is 12.4. The van der Waals surface area contributed by atoms with Crippen LogP contribution in [0.15, 0.2) is 51.8 Å². The molecule has 0 aromatic heterocycles. The highest BCUT2D eigenvalue weighted by Gasteiger charge is 2.28. The van der Waals surface area contributed by atoms with Crippen molar-refractivity contribution in [2.24, 2.45) is 0 Å². The van der Waals surface area contributed by atoms with E-state index in [1.807, 2.05) is 38.2 Å². The minimum atomic E-state index is -3.68. The Morgan fingerprint density at radius 2 is 1.97 bits per heavy atom. The minimum Gasteiger partial charge on any atom is -0.312 e. The third kappa shape index (κ3) is 5.49. The van der Waals surface area contributed by atoms with Gasteiger partial charge in [0.15, 0.2) is 0 Å². The summed E-state index contributed by atoms with van der Waals surface area (Å²) >= 11 is 3.40. The van der Waals surface area contributed by atoms with Crippen LogP contribution in [0.1, 0.15) is 30.9 Å². The predicted molar refractivity (Wildman–Crippen MR) is 123 cm³/mol. The van der Waals surface area contributed by atoms with Gasteiger partial charge in [-0.2, -0.15) is 0 Å². The first-order valence-electron chi connectivity index (χ1n) is 10.2. The Bertz CT molecular complexity index is 996. The van der Waals surface area contributed by atoms with Crippen LogP contribution in [0, 0.1) is 0 Å². The molecule has 0 fully saturated rings. The van der Waals surface area contributed by atoms with Crippen molar-refractivity contribution in [2.45, 2.75) is 37.6 Å². The van der Waals surface area contributed by atoms with E-state index in [0.29, 0.717) is 36.1 Å². The number of benzene rings is 2. The first-order chi connectivity index (χ1) is 14.3. The fourth-order valence-electron chi connectivity index (χ4n) is 3.65. The average molecular weight is 494 g/mol. The number of hydrogen-bond acceptors (Lipinski definition) is 4. The smallest absolute Gasteiger partial charge is 0.241 e. The zero-order valence-corrected chi connectivity index (χ0v) is 19.8. The normalized spacial score (nSPS) is 13.7. The molecule has 0 radical (unpaired) electrons. The Kier molecular flexibility index (Phi) is 7.68. The van der Waals surface area contributed by atoms with Gasteiger partial charge in [0.1, 0.15) is 0 Å². The van der Waals surface area contributed by atoms with Crippen LogP contribution < -0.4 is 9.62 Å². The number of nitrogens with zero attached hydrogens (tertiary/aromatic N) is 2. The number of carbonyl (C=O) groups is 1. The van der Waals surface area contributed by atoms with Crippen LogP contribution in [-0.4, -0.2) is 45.9 Å². The summed E-state index contributed by atoms with van der Waals surface area (Å²) in [5.74, 6) is 0.00818. The van der Waals surface area contributed by atoms with E-state index < -0.39 is 10.0 Å². The third-order valence-corrected chi connectivity index (χ3v) is 7.65. The van der Waals surface area contributed by atoms with E-state index in [-0.39, 0.29) is 10.8 Å². The molecule has 0 saturated carbocycles. The summed E-state index contributed by atoms with van der Waals surface area (Å²) in [6.07, 6.45) is 1.83. The highest BCUT2D eigenvalue weighted by molar-refractivity contribution is 9.10. The molecule has 0 unspecified atom stereocenters. The van der Waals surface area contributed by atoms with Gasteiger partial charge in [0, 0.05) is 36.2 Å². The lowest BCUT2D eigenvalue weighted by atomic mass is 10.2. The van der Waals surface area contributed by atoms with E-state index in [2.05, 4.69) is 37.7 Å². The van der Waals surface area contributed by atoms with Gasteiger partial charge >= 0.3 is 0 Å². The molecule has 1 N–H and O–H groups in total. The Morgan fingerprint density at radius 1 is 1.23 bits per heavy atom. The molecule has 8 heteroatoms. The summed E-state index contributed by atoms with van der Waals surface area (Å²) in [5.41, 5.74) is 2.92. The molecular formula is C22H28BrN3O3S. The van der Waals surface area contributed by atoms with Gasteiger partial charge in [-0.05, 0) is 65.6 Å². The van der Waals surface area contributed by atoms with Crippen LogP contribution >= 0.6 is 15.9 Å². The first kappa shape index (κ1) is 22.9. The number of carbonyl (C=O) groups excluding carboxylic acids is 1. The number of hydrogen-bond donors (Lipinski definition) is 1. The quantitative estimate of drug-likeness (QED) is 0.542. The maximum absolute atomic E-state index is 12.9. The molecule has 2 aromatic carbocycles. The van der Waals surface area contributed by atoms with Crippen LogP contribution in [0.4, 0.5) is 5.69 Å². The largest absolute Gasteiger partial charge is 0.312 e. The summed E-state index contributed by atoms with van der Waals surface area (Å²) in [5, 5.41) is 0. The number of anilines is 1. The van der Waals surface area contributed by atoms with E-state index in [1.165, 1.54) is 5.56 Å². The van der Waals surface area contributed by atoms with E-state index in [4.69, 9.17) is 0 Å². The van der Waals surface area contributed by atoms with Gasteiger partial charge in [-0.3, -0.25) is 4.79 Å². The van der Waals surface area contributed by atoms with Crippen molar-refractivity contribution in [1.82, 2.24) is 9.62 Å². The fraction of sp³-hybridized carbons (Fsp3) is 0.409. The summed E-state index contributed by atoms with van der Waals surface area (Å²) in [7, 11) is -1.65. The zero-order chi connectivity index (χ0) is 21.7. The average Bonchev–Trinajstić information content (AvgIpc) is 3.13. The molecule has 1 aliphatic heterocycles. The van der Waals surface area contributed by atoms with Crippen molar-refractivity contribution in [3.8, 4) is 0 Å². The van der Waals surface area contributed by atoms with E-state index >= 15 is 0 Å². The van der Waals surface area contributed by atoms with Crippen molar-refractivity contribution in [3.63, 3.8) is 0 Å². The lowest BCUT2D eigenvalue weighted by Crippen LogP contribution is -2.29. The van der Waals surface area contributed by atoms with Gasteiger partial charge in [-0.25, -0.2) is 13.1 Å². The highest BCUT2D eigenvalue weighted by Crippen LogP contribution is 2.35. The maximum atomic E-state index is 12.9. The zero-order valence-electron chi connectivity index (χ0n) is 17.4. The number of rotatable bonds is 9. The molecule has 0 aliphatic carbocycles. The second-order valence-corrected chi connectivity index (χ2v) is 10.1. The van der Waals surface area contributed by atoms with Crippen LogP contribution in [-0.2, 0) is 27.8 Å². The molecule has 0 saturated heterocycles. The number of sulfonamides is 1. The Morgan fingerprint density at radius 3 is 2.67 bits per heavy atom. The number of nitrogens with one attached hydrogen (secondary N) is 1. The Labute approximate surface area is 187 Å². The van der Waals surface area contributed by atoms with Crippen molar-refractivity contribution in [2.75, 3.05) is 31.6 Å². The van der Waals surface area contributed by atoms with Gasteiger partial charge in [0.25, 0.3) is 0 Å². The van der Waals surface area contributed by atoms with Crippen molar-refractivity contribution < 1.29 is 13.2 Å². The van der Waals surface area contributed by atoms with Gasteiger partial charge in [0.05, 0.1) is 4.90 Å². The lowest BCUT2D eigenvalue weighted by Gasteiger charge is -2.18. The van der Waals surface area contributed by atoms with Crippen molar-refractivity contribution in [3.05, 3.63) is 58.1 Å². The lowest BCUT2D eigenvalue weighted by molar-refractivity contribution is -0.118. The molecule has 3 rings (SSSR count). The molecule has 1 amide bonds. The molecule has 6 nitrogen and oxygen atoms in total. The Hall–Kier alpha value is -1.74. The molecule has 2 aromatic rings. The van der Waals surface area contributed by atoms with Gasteiger partial charge in [0.2, 0.25) is 15.9 Å². The van der Waals surface area contributed by atoms with Crippen molar-refractivity contribution in [1.29, 1.82) is 0 Å². The van der Waals surface area contributed by atoms with Crippen LogP contribution in [0.5, 0.6) is 0 Å². The van der Waals surface area contributed by atoms with E-state index in [1.54, 1.807) is 11.0 Å². The number of fused-ring (bicyclic) bond motifs is 1. The topological polar surface area (TPSA) is 69.7 Å². The number of halogens is 1. The SMILES string of the molecule is CCC(=O)N1CCc2cc(Br)c(S(=O)(=O)NCCCN(C)Cc3ccccc3)cc21. The summed E-state index contributed by atoms with van der Waals surface area (Å²) in [6, 6.07) is 13.6. The summed E-state index contributed by atoms with van der Waals surface area (Å²) in [6.45, 7) is 4.36. The van der Waals surface area contributed by atoms with Crippen LogP contribution in [0.3, 0.4) is 0 Å². The molecule has 1 aliphatic rings. The second kappa shape index (κ2) is 10.0. The minimum absolute atomic E-state index is 0.00818. The van der Waals surface area contributed by atoms with Gasteiger partial charge < -0.3 is 9.80 Å². The predicted octanol–water partition coefficient (Wildman–Crippen LogP) is 3.55. The third-order valence-electron chi connectivity index (χ3n) is 5.23. The standard InChI is InChI=1S/C22H28BrN3O3S/c1-3-22(27)26-13-10-18-14-19(23)21(15-20(18)26)30(28,29)24-11-7-12-25(2)16-17-8-5-4-6-9-17/h4-6,8-9,14-15,24H,3,7,10-13,16H2,1-2H3. The van der Waals surface area contributed by atoms with Crippen LogP contribution in [0.2, 0.25) is 0 Å². The van der Waals surface area contributed by atoms with Crippen molar-refractivity contribution >= 4 is 37.5 Å². The Balaban J connectivity index is 1.60. The highest BCUT2D eigenvalue weighted by atomic mass is 79.9.